The van der Waals surface area contributed by atoms with Crippen LogP contribution in [-0.2, 0) is 0 Å². The maximum Gasteiger partial charge on any atom is 0.400 e. The van der Waals surface area contributed by atoms with Crippen LogP contribution in [0.5, 0.6) is 0 Å². The zero-order chi connectivity index (χ0) is 9.19. The molecule has 2 aliphatic carbocycles. The highest BCUT2D eigenvalue weighted by atomic mass is 35.5. The maximum atomic E-state index is 10.7. The molecule has 2 N–H and O–H groups in total. The van der Waals surface area contributed by atoms with Crippen LogP contribution in [0.15, 0.2) is 0 Å². The normalized spacial score (nSPS) is 21.2. The summed E-state index contributed by atoms with van der Waals surface area (Å²) in [5, 5.41) is 0. The van der Waals surface area contributed by atoms with Gasteiger partial charge in [0.15, 0.2) is 0 Å². The molecule has 0 aromatic carbocycles. The van der Waals surface area contributed by atoms with Crippen LogP contribution >= 0.6 is 12.4 Å². The Balaban J connectivity index is 0.000000206. The lowest BCUT2D eigenvalue weighted by atomic mass is 10.3. The van der Waals surface area contributed by atoms with E-state index in [4.69, 9.17) is 0 Å². The summed E-state index contributed by atoms with van der Waals surface area (Å²) in [7, 11) is 0. The Kier molecular flexibility index (Phi) is 5.07. The van der Waals surface area contributed by atoms with E-state index >= 15 is 0 Å². The first-order valence-electron chi connectivity index (χ1n) is 4.30. The van der Waals surface area contributed by atoms with Crippen molar-refractivity contribution in [2.45, 2.75) is 31.9 Å². The van der Waals surface area contributed by atoms with Crippen molar-refractivity contribution < 1.29 is 13.2 Å². The van der Waals surface area contributed by atoms with Crippen LogP contribution < -0.4 is 5.73 Å². The van der Waals surface area contributed by atoms with Gasteiger partial charge >= 0.3 is 6.18 Å². The van der Waals surface area contributed by atoms with Crippen molar-refractivity contribution in [3.05, 3.63) is 0 Å². The average molecular weight is 218 g/mol. The van der Waals surface area contributed by atoms with Gasteiger partial charge < -0.3 is 5.73 Å². The predicted octanol–water partition coefficient (Wildman–Crippen LogP) is 2.74. The Bertz CT molecular complexity index is 131. The van der Waals surface area contributed by atoms with Gasteiger partial charge in [-0.1, -0.05) is 0 Å². The molecule has 0 heterocycles. The standard InChI is InChI=1S/C6H10.C2H4F3N.ClH/c1-2-5(1)6-3-4-6;3-2(4,5)1-6;/h5-6H,1-4H2;1,6H2;1H. The molecule has 0 aliphatic heterocycles. The average Bonchev–Trinajstić information content (AvgIpc) is 2.79. The lowest BCUT2D eigenvalue weighted by Gasteiger charge is -1.96. The summed E-state index contributed by atoms with van der Waals surface area (Å²) in [4.78, 5) is 0. The second-order valence-electron chi connectivity index (χ2n) is 3.49. The molecule has 0 unspecified atom stereocenters. The smallest absolute Gasteiger partial charge is 0.323 e. The van der Waals surface area contributed by atoms with E-state index < -0.39 is 12.7 Å². The minimum Gasteiger partial charge on any atom is -0.323 e. The van der Waals surface area contributed by atoms with Crippen molar-refractivity contribution in [2.75, 3.05) is 6.54 Å². The number of halogens is 4. The summed E-state index contributed by atoms with van der Waals surface area (Å²) in [5.41, 5.74) is 4.18. The van der Waals surface area contributed by atoms with Gasteiger partial charge in [-0.25, -0.2) is 0 Å². The molecule has 2 aliphatic rings. The van der Waals surface area contributed by atoms with Gasteiger partial charge in [-0.05, 0) is 37.5 Å². The van der Waals surface area contributed by atoms with Crippen LogP contribution in [0.25, 0.3) is 0 Å². The zero-order valence-electron chi connectivity index (χ0n) is 7.31. The lowest BCUT2D eigenvalue weighted by Crippen LogP contribution is -2.21. The molecule has 0 spiro atoms. The molecule has 0 radical (unpaired) electrons. The van der Waals surface area contributed by atoms with E-state index in [2.05, 4.69) is 5.73 Å². The molecule has 0 atom stereocenters. The minimum absolute atomic E-state index is 0. The van der Waals surface area contributed by atoms with E-state index in [0.29, 0.717) is 0 Å². The van der Waals surface area contributed by atoms with Crippen LogP contribution in [0.3, 0.4) is 0 Å². The minimum atomic E-state index is -4.18. The topological polar surface area (TPSA) is 26.0 Å². The number of alkyl halides is 3. The molecular weight excluding hydrogens is 203 g/mol. The summed E-state index contributed by atoms with van der Waals surface area (Å²) in [6, 6.07) is 0. The van der Waals surface area contributed by atoms with Crippen LogP contribution in [-0.4, -0.2) is 12.7 Å². The number of rotatable bonds is 1. The van der Waals surface area contributed by atoms with Gasteiger partial charge in [-0.15, -0.1) is 12.4 Å². The highest BCUT2D eigenvalue weighted by Gasteiger charge is 2.37. The van der Waals surface area contributed by atoms with E-state index in [0.717, 1.165) is 0 Å². The monoisotopic (exact) mass is 217 g/mol. The molecule has 2 rings (SSSR count). The lowest BCUT2D eigenvalue weighted by molar-refractivity contribution is -0.118. The molecule has 0 saturated heterocycles. The Hall–Kier alpha value is 0.0400. The second-order valence-corrected chi connectivity index (χ2v) is 3.49. The number of hydrogen-bond acceptors (Lipinski definition) is 1. The highest BCUT2D eigenvalue weighted by molar-refractivity contribution is 5.85. The Labute approximate surface area is 82.3 Å². The van der Waals surface area contributed by atoms with Crippen molar-refractivity contribution in [1.29, 1.82) is 0 Å². The first-order chi connectivity index (χ1) is 5.53. The summed E-state index contributed by atoms with van der Waals surface area (Å²) < 4.78 is 32.0. The fourth-order valence-corrected chi connectivity index (χ4v) is 1.14. The molecule has 2 saturated carbocycles. The third-order valence-corrected chi connectivity index (χ3v) is 2.14. The van der Waals surface area contributed by atoms with E-state index in [1.165, 1.54) is 11.8 Å². The van der Waals surface area contributed by atoms with E-state index in [1.807, 2.05) is 0 Å². The molecule has 80 valence electrons. The SMILES string of the molecule is C1CC1C1CC1.Cl.NCC(F)(F)F. The van der Waals surface area contributed by atoms with Crippen LogP contribution in [0.4, 0.5) is 13.2 Å². The highest BCUT2D eigenvalue weighted by Crippen LogP contribution is 2.49. The Morgan fingerprint density at radius 2 is 1.23 bits per heavy atom. The molecular formula is C8H15ClF3N. The third kappa shape index (κ3) is 7.14. The Morgan fingerprint density at radius 3 is 1.31 bits per heavy atom. The molecule has 0 aromatic rings. The summed E-state index contributed by atoms with van der Waals surface area (Å²) in [6.07, 6.45) is 2.06. The largest absolute Gasteiger partial charge is 0.400 e. The zero-order valence-corrected chi connectivity index (χ0v) is 8.13. The summed E-state index contributed by atoms with van der Waals surface area (Å²) in [5.74, 6) is 2.43. The molecule has 0 aromatic heterocycles. The van der Waals surface area contributed by atoms with Gasteiger partial charge in [0.05, 0.1) is 6.54 Å². The van der Waals surface area contributed by atoms with E-state index in [1.54, 1.807) is 25.7 Å². The van der Waals surface area contributed by atoms with Crippen molar-refractivity contribution in [2.24, 2.45) is 17.6 Å². The predicted molar refractivity (Wildman–Crippen MR) is 47.8 cm³/mol. The third-order valence-electron chi connectivity index (χ3n) is 2.14. The van der Waals surface area contributed by atoms with Gasteiger partial charge in [0, 0.05) is 0 Å². The number of nitrogens with two attached hydrogens (primary N) is 1. The fraction of sp³-hybridized carbons (Fsp3) is 1.00. The Morgan fingerprint density at radius 1 is 1.00 bits per heavy atom. The van der Waals surface area contributed by atoms with Crippen molar-refractivity contribution in [1.82, 2.24) is 0 Å². The number of hydrogen-bond donors (Lipinski definition) is 1. The molecule has 13 heavy (non-hydrogen) atoms. The second kappa shape index (κ2) is 5.05. The van der Waals surface area contributed by atoms with Gasteiger partial charge in [-0.3, -0.25) is 0 Å². The summed E-state index contributed by atoms with van der Waals surface area (Å²) in [6.45, 7) is -1.23. The van der Waals surface area contributed by atoms with Gasteiger partial charge in [-0.2, -0.15) is 13.2 Å². The van der Waals surface area contributed by atoms with E-state index in [-0.39, 0.29) is 12.4 Å². The molecule has 5 heteroatoms. The molecule has 0 amide bonds. The fourth-order valence-electron chi connectivity index (χ4n) is 1.14. The summed E-state index contributed by atoms with van der Waals surface area (Å²) >= 11 is 0. The van der Waals surface area contributed by atoms with Crippen molar-refractivity contribution in [3.63, 3.8) is 0 Å². The quantitative estimate of drug-likeness (QED) is 0.718. The first-order valence-corrected chi connectivity index (χ1v) is 4.30. The first kappa shape index (κ1) is 13.0. The van der Waals surface area contributed by atoms with Crippen LogP contribution in [0, 0.1) is 11.8 Å². The van der Waals surface area contributed by atoms with Crippen LogP contribution in [0.1, 0.15) is 25.7 Å². The van der Waals surface area contributed by atoms with E-state index in [9.17, 15) is 13.2 Å². The van der Waals surface area contributed by atoms with Crippen molar-refractivity contribution >= 4 is 12.4 Å². The van der Waals surface area contributed by atoms with Crippen molar-refractivity contribution in [3.8, 4) is 0 Å². The maximum absolute atomic E-state index is 10.7. The van der Waals surface area contributed by atoms with Gasteiger partial charge in [0.1, 0.15) is 0 Å². The molecule has 0 bridgehead atoms. The molecule has 1 nitrogen and oxygen atoms in total. The van der Waals surface area contributed by atoms with Gasteiger partial charge in [0.2, 0.25) is 0 Å². The molecule has 2 fully saturated rings. The van der Waals surface area contributed by atoms with Gasteiger partial charge in [0.25, 0.3) is 0 Å². The van der Waals surface area contributed by atoms with Crippen LogP contribution in [0.2, 0.25) is 0 Å².